The topological polar surface area (TPSA) is 203 Å². The Morgan fingerprint density at radius 1 is 1.18 bits per heavy atom. The molecule has 1 heterocycles. The number of carboxylic acids is 2. The van der Waals surface area contributed by atoms with Gasteiger partial charge in [0, 0.05) is 18.8 Å². The lowest BCUT2D eigenvalue weighted by molar-refractivity contribution is -0.151. The Morgan fingerprint density at radius 3 is 2.58 bits per heavy atom. The first-order valence-electron chi connectivity index (χ1n) is 13.4. The molecule has 3 rings (SSSR count). The fourth-order valence-electron chi connectivity index (χ4n) is 5.42. The van der Waals surface area contributed by atoms with E-state index in [1.54, 1.807) is 7.05 Å². The number of esters is 1. The van der Waals surface area contributed by atoms with Gasteiger partial charge in [-0.15, -0.1) is 11.8 Å². The zero-order chi connectivity index (χ0) is 29.4. The van der Waals surface area contributed by atoms with Gasteiger partial charge >= 0.3 is 17.9 Å². The third-order valence-corrected chi connectivity index (χ3v) is 9.03. The second kappa shape index (κ2) is 14.1. The number of aliphatic hydroxyl groups excluding tert-OH is 1. The highest BCUT2D eigenvalue weighted by molar-refractivity contribution is 8.00. The molecular weight excluding hydrogens is 544 g/mol. The highest BCUT2D eigenvalue weighted by atomic mass is 32.2. The molecule has 0 saturated carbocycles. The van der Waals surface area contributed by atoms with Gasteiger partial charge in [-0.2, -0.15) is 0 Å². The highest BCUT2D eigenvalue weighted by Crippen LogP contribution is 2.55. The minimum absolute atomic E-state index is 0.00375. The summed E-state index contributed by atoms with van der Waals surface area (Å²) in [5, 5.41) is 38.2. The molecule has 3 aliphatic rings. The molecule has 1 aliphatic heterocycles. The van der Waals surface area contributed by atoms with Gasteiger partial charge in [0.05, 0.1) is 4.75 Å². The number of thioether (sulfide) groups is 1. The summed E-state index contributed by atoms with van der Waals surface area (Å²) in [5.74, 6) is -4.18. The van der Waals surface area contributed by atoms with E-state index in [0.717, 1.165) is 24.8 Å². The van der Waals surface area contributed by atoms with E-state index in [1.807, 2.05) is 24.4 Å². The number of aliphatic hydroxyl groups is 1. The van der Waals surface area contributed by atoms with E-state index in [4.69, 9.17) is 9.84 Å². The first-order chi connectivity index (χ1) is 19.0. The maximum Gasteiger partial charge on any atom is 0.353 e. The summed E-state index contributed by atoms with van der Waals surface area (Å²) < 4.78 is 5.22. The number of ether oxygens (including phenoxy) is 1. The molecule has 6 atom stereocenters. The highest BCUT2D eigenvalue weighted by Gasteiger charge is 2.52. The number of hydrogen-bond acceptors (Lipinski definition) is 10. The van der Waals surface area contributed by atoms with E-state index in [2.05, 4.69) is 16.0 Å². The zero-order valence-corrected chi connectivity index (χ0v) is 23.4. The number of amides is 2. The molecule has 222 valence electrons. The largest absolute Gasteiger partial charge is 0.480 e. The molecule has 0 radical (unpaired) electrons. The van der Waals surface area contributed by atoms with Crippen LogP contribution < -0.4 is 21.3 Å². The number of allylic oxidation sites excluding steroid dienone is 1. The molecule has 2 aliphatic carbocycles. The van der Waals surface area contributed by atoms with Crippen molar-refractivity contribution < 1.29 is 44.0 Å². The third-order valence-electron chi connectivity index (χ3n) is 7.38. The van der Waals surface area contributed by atoms with Crippen molar-refractivity contribution in [3.05, 3.63) is 23.5 Å². The van der Waals surface area contributed by atoms with Gasteiger partial charge in [0.1, 0.15) is 23.8 Å². The standard InChI is InChI=1S/C26H38N4O9S/c1-3-10-26(11-9-14-5-4-6-15-19(14)20(26)39-25(15)38)40-12-17(21(32)30-22(33)24(36)37)29-18(31)8-7-16(23(34)35)28-13-27-2/h4,6,14-17,22,27-28,33H,3,5,7-13H2,1-2H3,(H,29,31)(H,30,32)(H,34,35)(H,36,37)/t14-,15-,16+,17+,22+,26+/m1/s1. The molecule has 0 bridgehead atoms. The van der Waals surface area contributed by atoms with Crippen molar-refractivity contribution in [3.8, 4) is 0 Å². The lowest BCUT2D eigenvalue weighted by Gasteiger charge is -2.41. The fraction of sp³-hybridized carbons (Fsp3) is 0.654. The van der Waals surface area contributed by atoms with Crippen LogP contribution in [0.5, 0.6) is 0 Å². The van der Waals surface area contributed by atoms with E-state index < -0.39 is 52.7 Å². The van der Waals surface area contributed by atoms with Crippen molar-refractivity contribution in [3.63, 3.8) is 0 Å². The van der Waals surface area contributed by atoms with E-state index in [1.165, 1.54) is 11.8 Å². The molecule has 2 amide bonds. The number of hydrogen-bond donors (Lipinski definition) is 7. The van der Waals surface area contributed by atoms with Gasteiger partial charge in [-0.05, 0) is 50.6 Å². The van der Waals surface area contributed by atoms with Crippen LogP contribution in [0.25, 0.3) is 0 Å². The Morgan fingerprint density at radius 2 is 1.93 bits per heavy atom. The van der Waals surface area contributed by atoms with Crippen molar-refractivity contribution >= 4 is 41.5 Å². The minimum Gasteiger partial charge on any atom is -0.480 e. The Hall–Kier alpha value is -2.94. The molecule has 7 N–H and O–H groups in total. The average Bonchev–Trinajstić information content (AvgIpc) is 3.26. The minimum atomic E-state index is -2.17. The Labute approximate surface area is 236 Å². The van der Waals surface area contributed by atoms with Crippen LogP contribution in [-0.2, 0) is 28.7 Å². The van der Waals surface area contributed by atoms with Crippen LogP contribution in [-0.4, -0.2) is 87.6 Å². The predicted molar refractivity (Wildman–Crippen MR) is 145 cm³/mol. The first-order valence-corrected chi connectivity index (χ1v) is 14.4. The molecule has 14 heteroatoms. The fourth-order valence-corrected chi connectivity index (χ4v) is 7.05. The molecular formula is C26H38N4O9S. The first kappa shape index (κ1) is 31.6. The van der Waals surface area contributed by atoms with E-state index in [0.29, 0.717) is 18.6 Å². The SMILES string of the molecule is CCC[C@]1(SC[C@H](NC(=O)CC[C@H](NCNC)C(=O)O)C(=O)N[C@@H](O)C(=O)O)CC[C@H]2CC=C[C@H]3C(=O)OC1=C23. The van der Waals surface area contributed by atoms with E-state index in [-0.39, 0.29) is 37.2 Å². The number of carbonyl (C=O) groups is 5. The summed E-state index contributed by atoms with van der Waals surface area (Å²) in [5.41, 5.74) is 0.986. The Balaban J connectivity index is 1.78. The number of carbonyl (C=O) groups excluding carboxylic acids is 3. The van der Waals surface area contributed by atoms with Crippen LogP contribution >= 0.6 is 11.8 Å². The van der Waals surface area contributed by atoms with Gasteiger partial charge in [-0.1, -0.05) is 25.5 Å². The van der Waals surface area contributed by atoms with Gasteiger partial charge in [0.15, 0.2) is 0 Å². The zero-order valence-electron chi connectivity index (χ0n) is 22.6. The average molecular weight is 583 g/mol. The lowest BCUT2D eigenvalue weighted by Crippen LogP contribution is -2.53. The second-order valence-corrected chi connectivity index (χ2v) is 11.6. The molecule has 40 heavy (non-hydrogen) atoms. The van der Waals surface area contributed by atoms with Crippen LogP contribution in [0, 0.1) is 11.8 Å². The predicted octanol–water partition coefficient (Wildman–Crippen LogP) is 0.0594. The van der Waals surface area contributed by atoms with Gasteiger partial charge < -0.3 is 36.0 Å². The summed E-state index contributed by atoms with van der Waals surface area (Å²) in [6, 6.07) is -2.24. The maximum atomic E-state index is 13.0. The van der Waals surface area contributed by atoms with Crippen molar-refractivity contribution in [1.82, 2.24) is 21.3 Å². The Bertz CT molecular complexity index is 1060. The monoisotopic (exact) mass is 582 g/mol. The molecule has 0 aromatic carbocycles. The summed E-state index contributed by atoms with van der Waals surface area (Å²) in [4.78, 5) is 61.0. The second-order valence-electron chi connectivity index (χ2n) is 10.2. The van der Waals surface area contributed by atoms with E-state index >= 15 is 0 Å². The summed E-state index contributed by atoms with van der Waals surface area (Å²) >= 11 is 1.36. The van der Waals surface area contributed by atoms with Crippen molar-refractivity contribution in [2.75, 3.05) is 19.5 Å². The molecule has 0 aromatic heterocycles. The number of carboxylic acid groups (broad SMARTS) is 2. The molecule has 0 aromatic rings. The molecule has 0 unspecified atom stereocenters. The van der Waals surface area contributed by atoms with Crippen molar-refractivity contribution in [2.24, 2.45) is 11.8 Å². The molecule has 0 fully saturated rings. The maximum absolute atomic E-state index is 13.0. The van der Waals surface area contributed by atoms with Crippen LogP contribution in [0.1, 0.15) is 51.9 Å². The number of aliphatic carboxylic acids is 2. The summed E-state index contributed by atoms with van der Waals surface area (Å²) in [6.07, 6.45) is 5.22. The van der Waals surface area contributed by atoms with Crippen molar-refractivity contribution in [2.45, 2.75) is 74.9 Å². The van der Waals surface area contributed by atoms with Gasteiger partial charge in [-0.25, -0.2) is 4.79 Å². The van der Waals surface area contributed by atoms with E-state index in [9.17, 15) is 34.2 Å². The normalized spacial score (nSPS) is 25.4. The van der Waals surface area contributed by atoms with Gasteiger partial charge in [0.25, 0.3) is 0 Å². The molecule has 0 spiro atoms. The number of rotatable bonds is 16. The summed E-state index contributed by atoms with van der Waals surface area (Å²) in [7, 11) is 1.64. The van der Waals surface area contributed by atoms with Crippen LogP contribution in [0.2, 0.25) is 0 Å². The third kappa shape index (κ3) is 7.42. The van der Waals surface area contributed by atoms with Gasteiger partial charge in [-0.3, -0.25) is 24.5 Å². The molecule has 13 nitrogen and oxygen atoms in total. The Kier molecular flexibility index (Phi) is 11.1. The smallest absolute Gasteiger partial charge is 0.353 e. The summed E-state index contributed by atoms with van der Waals surface area (Å²) in [6.45, 7) is 2.22. The quantitative estimate of drug-likeness (QED) is 0.0733. The van der Waals surface area contributed by atoms with Crippen LogP contribution in [0.4, 0.5) is 0 Å². The lowest BCUT2D eigenvalue weighted by atomic mass is 9.71. The van der Waals surface area contributed by atoms with Gasteiger partial charge in [0.2, 0.25) is 18.0 Å². The van der Waals surface area contributed by atoms with Crippen LogP contribution in [0.15, 0.2) is 23.5 Å². The van der Waals surface area contributed by atoms with Crippen LogP contribution in [0.3, 0.4) is 0 Å². The number of nitrogens with one attached hydrogen (secondary N) is 4. The van der Waals surface area contributed by atoms with Crippen molar-refractivity contribution in [1.29, 1.82) is 0 Å². The molecule has 0 saturated heterocycles.